The Hall–Kier alpha value is -2.59. The summed E-state index contributed by atoms with van der Waals surface area (Å²) in [5.74, 6) is 4.00. The number of ether oxygens (including phenoxy) is 1. The predicted molar refractivity (Wildman–Crippen MR) is 120 cm³/mol. The first-order valence-electron chi connectivity index (χ1n) is 9.89. The maximum atomic E-state index is 5.88. The van der Waals surface area contributed by atoms with E-state index in [2.05, 4.69) is 54.7 Å². The Labute approximate surface area is 192 Å². The van der Waals surface area contributed by atoms with Gasteiger partial charge in [-0.1, -0.05) is 43.8 Å². The lowest BCUT2D eigenvalue weighted by Crippen LogP contribution is -2.10. The smallest absolute Gasteiger partial charge is 0.283 e. The molecule has 0 aliphatic rings. The van der Waals surface area contributed by atoms with Crippen molar-refractivity contribution >= 4 is 27.7 Å². The number of thioether (sulfide) groups is 1. The molecular formula is C21H22BrN5O3S. The van der Waals surface area contributed by atoms with Crippen molar-refractivity contribution in [3.8, 4) is 17.4 Å². The van der Waals surface area contributed by atoms with Crippen molar-refractivity contribution in [3.05, 3.63) is 58.8 Å². The molecule has 3 aromatic heterocycles. The summed E-state index contributed by atoms with van der Waals surface area (Å²) >= 11 is 4.78. The fraction of sp³-hybridized carbons (Fsp3) is 0.333. The molecule has 4 rings (SSSR count). The van der Waals surface area contributed by atoms with Gasteiger partial charge in [0.2, 0.25) is 5.89 Å². The van der Waals surface area contributed by atoms with Gasteiger partial charge in [0.15, 0.2) is 21.4 Å². The fourth-order valence-corrected chi connectivity index (χ4v) is 3.90. The second-order valence-corrected chi connectivity index (χ2v) is 8.95. The Kier molecular flexibility index (Phi) is 7.08. The average molecular weight is 504 g/mol. The summed E-state index contributed by atoms with van der Waals surface area (Å²) < 4.78 is 19.8. The fourth-order valence-electron chi connectivity index (χ4n) is 2.78. The molecule has 0 spiro atoms. The van der Waals surface area contributed by atoms with Gasteiger partial charge in [-0.2, -0.15) is 0 Å². The number of halogens is 1. The summed E-state index contributed by atoms with van der Waals surface area (Å²) in [4.78, 5) is 0. The van der Waals surface area contributed by atoms with E-state index in [-0.39, 0.29) is 0 Å². The monoisotopic (exact) mass is 503 g/mol. The van der Waals surface area contributed by atoms with E-state index in [1.807, 2.05) is 30.3 Å². The van der Waals surface area contributed by atoms with Crippen LogP contribution in [0, 0.1) is 5.92 Å². The number of nitrogens with zero attached hydrogens (tertiary/aromatic N) is 5. The first kappa shape index (κ1) is 21.6. The van der Waals surface area contributed by atoms with Gasteiger partial charge in [-0.3, -0.25) is 0 Å². The number of benzene rings is 1. The second kappa shape index (κ2) is 10.1. The molecule has 0 N–H and O–H groups in total. The van der Waals surface area contributed by atoms with E-state index in [0.717, 1.165) is 29.7 Å². The van der Waals surface area contributed by atoms with Gasteiger partial charge < -0.3 is 18.1 Å². The molecule has 10 heteroatoms. The van der Waals surface area contributed by atoms with E-state index < -0.39 is 0 Å². The molecule has 0 aliphatic heterocycles. The SMILES string of the molecule is CC(C)CCn1c(COc2ccccc2)nnc1SCc1nnc(-c2ccc(Br)o2)o1. The van der Waals surface area contributed by atoms with Gasteiger partial charge in [0.25, 0.3) is 5.89 Å². The Morgan fingerprint density at radius 1 is 1.03 bits per heavy atom. The lowest BCUT2D eigenvalue weighted by Gasteiger charge is -2.12. The van der Waals surface area contributed by atoms with Crippen molar-refractivity contribution in [2.24, 2.45) is 5.92 Å². The molecule has 31 heavy (non-hydrogen) atoms. The molecule has 0 saturated carbocycles. The van der Waals surface area contributed by atoms with E-state index in [1.54, 1.807) is 12.1 Å². The zero-order chi connectivity index (χ0) is 21.6. The summed E-state index contributed by atoms with van der Waals surface area (Å²) in [7, 11) is 0. The molecule has 0 unspecified atom stereocenters. The van der Waals surface area contributed by atoms with E-state index in [9.17, 15) is 0 Å². The molecule has 3 heterocycles. The highest BCUT2D eigenvalue weighted by atomic mass is 79.9. The van der Waals surface area contributed by atoms with E-state index >= 15 is 0 Å². The zero-order valence-corrected chi connectivity index (χ0v) is 19.6. The Morgan fingerprint density at radius 3 is 2.61 bits per heavy atom. The number of aromatic nitrogens is 5. The topological polar surface area (TPSA) is 92.0 Å². The molecular weight excluding hydrogens is 482 g/mol. The Bertz CT molecular complexity index is 1110. The van der Waals surface area contributed by atoms with E-state index in [0.29, 0.717) is 40.5 Å². The van der Waals surface area contributed by atoms with Crippen molar-refractivity contribution in [2.75, 3.05) is 0 Å². The van der Waals surface area contributed by atoms with Crippen LogP contribution in [0.5, 0.6) is 5.75 Å². The molecule has 8 nitrogen and oxygen atoms in total. The largest absolute Gasteiger partial charge is 0.486 e. The van der Waals surface area contributed by atoms with Crippen LogP contribution in [0.15, 0.2) is 61.1 Å². The van der Waals surface area contributed by atoms with Crippen molar-refractivity contribution in [2.45, 2.75) is 44.3 Å². The zero-order valence-electron chi connectivity index (χ0n) is 17.2. The highest BCUT2D eigenvalue weighted by molar-refractivity contribution is 9.10. The van der Waals surface area contributed by atoms with Gasteiger partial charge >= 0.3 is 0 Å². The van der Waals surface area contributed by atoms with Crippen LogP contribution >= 0.6 is 27.7 Å². The molecule has 4 aromatic rings. The van der Waals surface area contributed by atoms with Crippen molar-refractivity contribution in [1.29, 1.82) is 0 Å². The lowest BCUT2D eigenvalue weighted by molar-refractivity contribution is 0.285. The average Bonchev–Trinajstić information content (AvgIpc) is 3.49. The minimum atomic E-state index is 0.347. The van der Waals surface area contributed by atoms with Crippen molar-refractivity contribution in [3.63, 3.8) is 0 Å². The normalized spacial score (nSPS) is 11.4. The third-order valence-corrected chi connectivity index (χ3v) is 5.79. The molecule has 0 bridgehead atoms. The molecule has 0 atom stereocenters. The Morgan fingerprint density at radius 2 is 1.87 bits per heavy atom. The van der Waals surface area contributed by atoms with Crippen molar-refractivity contribution in [1.82, 2.24) is 25.0 Å². The number of furan rings is 1. The minimum Gasteiger partial charge on any atom is -0.486 e. The van der Waals surface area contributed by atoms with Crippen LogP contribution in [0.2, 0.25) is 0 Å². The van der Waals surface area contributed by atoms with E-state index in [1.165, 1.54) is 11.8 Å². The number of rotatable bonds is 10. The van der Waals surface area contributed by atoms with Crippen LogP contribution in [-0.4, -0.2) is 25.0 Å². The summed E-state index contributed by atoms with van der Waals surface area (Å²) in [5, 5.41) is 17.7. The lowest BCUT2D eigenvalue weighted by atomic mass is 10.1. The second-order valence-electron chi connectivity index (χ2n) is 7.23. The summed E-state index contributed by atoms with van der Waals surface area (Å²) in [6.45, 7) is 5.57. The first-order valence-corrected chi connectivity index (χ1v) is 11.7. The van der Waals surface area contributed by atoms with Crippen LogP contribution < -0.4 is 4.74 Å². The van der Waals surface area contributed by atoms with Gasteiger partial charge in [0.1, 0.15) is 12.4 Å². The van der Waals surface area contributed by atoms with Crippen LogP contribution in [0.25, 0.3) is 11.7 Å². The number of para-hydroxylation sites is 1. The standard InChI is InChI=1S/C21H22BrN5O3S/c1-14(2)10-11-27-18(12-28-15-6-4-3-5-7-15)23-26-21(27)31-13-19-24-25-20(30-19)16-8-9-17(22)29-16/h3-9,14H,10-13H2,1-2H3. The van der Waals surface area contributed by atoms with E-state index in [4.69, 9.17) is 13.6 Å². The molecule has 0 aliphatic carbocycles. The van der Waals surface area contributed by atoms with Gasteiger partial charge in [-0.05, 0) is 52.5 Å². The van der Waals surface area contributed by atoms with Crippen LogP contribution in [-0.2, 0) is 18.9 Å². The summed E-state index contributed by atoms with van der Waals surface area (Å²) in [6, 6.07) is 13.3. The molecule has 0 radical (unpaired) electrons. The maximum Gasteiger partial charge on any atom is 0.283 e. The quantitative estimate of drug-likeness (QED) is 0.258. The van der Waals surface area contributed by atoms with Gasteiger partial charge in [0, 0.05) is 6.54 Å². The summed E-state index contributed by atoms with van der Waals surface area (Å²) in [5.41, 5.74) is 0. The third-order valence-electron chi connectivity index (χ3n) is 4.41. The van der Waals surface area contributed by atoms with Crippen LogP contribution in [0.1, 0.15) is 32.0 Å². The van der Waals surface area contributed by atoms with Gasteiger partial charge in [-0.15, -0.1) is 20.4 Å². The van der Waals surface area contributed by atoms with Crippen LogP contribution in [0.4, 0.5) is 0 Å². The van der Waals surface area contributed by atoms with Crippen LogP contribution in [0.3, 0.4) is 0 Å². The van der Waals surface area contributed by atoms with Gasteiger partial charge in [0.05, 0.1) is 5.75 Å². The summed E-state index contributed by atoms with van der Waals surface area (Å²) in [6.07, 6.45) is 1.02. The van der Waals surface area contributed by atoms with Gasteiger partial charge in [-0.25, -0.2) is 0 Å². The maximum absolute atomic E-state index is 5.88. The number of hydrogen-bond donors (Lipinski definition) is 0. The highest BCUT2D eigenvalue weighted by Crippen LogP contribution is 2.27. The third kappa shape index (κ3) is 5.76. The molecule has 162 valence electrons. The highest BCUT2D eigenvalue weighted by Gasteiger charge is 2.17. The number of hydrogen-bond acceptors (Lipinski definition) is 8. The molecule has 0 amide bonds. The molecule has 0 fully saturated rings. The van der Waals surface area contributed by atoms with Crippen molar-refractivity contribution < 1.29 is 13.6 Å². The first-order chi connectivity index (χ1) is 15.1. The molecule has 0 saturated heterocycles. The predicted octanol–water partition coefficient (Wildman–Crippen LogP) is 5.60. The minimum absolute atomic E-state index is 0.347. The molecule has 1 aromatic carbocycles. The Balaban J connectivity index is 1.44.